The number of esters is 1. The van der Waals surface area contributed by atoms with Gasteiger partial charge in [0.05, 0.1) is 17.5 Å². The Balaban J connectivity index is 2.05. The number of carbonyl (C=O) groups is 1. The first-order chi connectivity index (χ1) is 11.7. The van der Waals surface area contributed by atoms with Gasteiger partial charge in [0, 0.05) is 19.0 Å². The molecule has 122 valence electrons. The van der Waals surface area contributed by atoms with E-state index in [2.05, 4.69) is 4.98 Å². The molecule has 0 unspecified atom stereocenters. The highest BCUT2D eigenvalue weighted by Gasteiger charge is 2.12. The third kappa shape index (κ3) is 3.35. The zero-order chi connectivity index (χ0) is 16.9. The highest BCUT2D eigenvalue weighted by molar-refractivity contribution is 5.79. The number of nitrogens with zero attached hydrogens (tertiary/aromatic N) is 2. The Kier molecular flexibility index (Phi) is 4.70. The van der Waals surface area contributed by atoms with Gasteiger partial charge in [0.15, 0.2) is 0 Å². The number of hydrogen-bond donors (Lipinski definition) is 0. The van der Waals surface area contributed by atoms with Crippen LogP contribution in [0.25, 0.3) is 22.3 Å². The minimum Gasteiger partial charge on any atom is -0.466 e. The fourth-order valence-electron chi connectivity index (χ4n) is 2.62. The van der Waals surface area contributed by atoms with E-state index in [1.54, 1.807) is 10.6 Å². The molecule has 1 heterocycles. The molecule has 2 aromatic carbocycles. The number of aromatic nitrogens is 2. The first-order valence-corrected chi connectivity index (χ1v) is 7.85. The first-order valence-electron chi connectivity index (χ1n) is 7.85. The molecular formula is C19H18N2O3. The second kappa shape index (κ2) is 7.08. The van der Waals surface area contributed by atoms with Gasteiger partial charge >= 0.3 is 5.97 Å². The van der Waals surface area contributed by atoms with Crippen LogP contribution < -0.4 is 5.56 Å². The molecule has 24 heavy (non-hydrogen) atoms. The van der Waals surface area contributed by atoms with E-state index < -0.39 is 0 Å². The molecule has 5 nitrogen and oxygen atoms in total. The number of ether oxygens (including phenoxy) is 1. The summed E-state index contributed by atoms with van der Waals surface area (Å²) in [6.45, 7) is 2.09. The maximum absolute atomic E-state index is 12.9. The van der Waals surface area contributed by atoms with Gasteiger partial charge in [0.2, 0.25) is 0 Å². The molecule has 0 fully saturated rings. The van der Waals surface area contributed by atoms with Gasteiger partial charge in [0.1, 0.15) is 5.82 Å². The van der Waals surface area contributed by atoms with Gasteiger partial charge < -0.3 is 4.74 Å². The van der Waals surface area contributed by atoms with Crippen LogP contribution in [0.4, 0.5) is 0 Å². The number of carbonyl (C=O) groups excluding carboxylic acids is 1. The van der Waals surface area contributed by atoms with Crippen LogP contribution in [0.1, 0.15) is 13.3 Å². The van der Waals surface area contributed by atoms with Gasteiger partial charge in [0.25, 0.3) is 5.56 Å². The van der Waals surface area contributed by atoms with E-state index in [-0.39, 0.29) is 18.1 Å². The van der Waals surface area contributed by atoms with E-state index >= 15 is 0 Å². The molecule has 0 saturated heterocycles. The molecule has 0 aliphatic heterocycles. The van der Waals surface area contributed by atoms with Crippen molar-refractivity contribution in [1.82, 2.24) is 9.55 Å². The quantitative estimate of drug-likeness (QED) is 0.535. The van der Waals surface area contributed by atoms with Crippen molar-refractivity contribution < 1.29 is 9.53 Å². The molecule has 0 bridgehead atoms. The zero-order valence-corrected chi connectivity index (χ0v) is 13.4. The van der Waals surface area contributed by atoms with E-state index in [1.165, 1.54) is 6.92 Å². The highest BCUT2D eigenvalue weighted by Crippen LogP contribution is 2.18. The van der Waals surface area contributed by atoms with Gasteiger partial charge in [-0.1, -0.05) is 42.5 Å². The summed E-state index contributed by atoms with van der Waals surface area (Å²) in [5.41, 5.74) is 1.48. The van der Waals surface area contributed by atoms with E-state index in [1.807, 2.05) is 48.5 Å². The van der Waals surface area contributed by atoms with Crippen molar-refractivity contribution in [3.8, 4) is 11.4 Å². The predicted molar refractivity (Wildman–Crippen MR) is 92.7 cm³/mol. The Hall–Kier alpha value is -2.95. The summed E-state index contributed by atoms with van der Waals surface area (Å²) in [6, 6.07) is 16.9. The van der Waals surface area contributed by atoms with Crippen LogP contribution in [0.5, 0.6) is 0 Å². The van der Waals surface area contributed by atoms with Gasteiger partial charge in [-0.25, -0.2) is 4.98 Å². The average Bonchev–Trinajstić information content (AvgIpc) is 2.60. The third-order valence-corrected chi connectivity index (χ3v) is 3.73. The Labute approximate surface area is 139 Å². The second-order valence-corrected chi connectivity index (χ2v) is 5.47. The van der Waals surface area contributed by atoms with Crippen molar-refractivity contribution >= 4 is 16.9 Å². The van der Waals surface area contributed by atoms with E-state index in [0.717, 1.165) is 5.56 Å². The van der Waals surface area contributed by atoms with Gasteiger partial charge in [-0.05, 0) is 18.6 Å². The SMILES string of the molecule is CC(=O)OCCCn1c(-c2ccccc2)nc2ccccc2c1=O. The lowest BCUT2D eigenvalue weighted by atomic mass is 10.1. The number of rotatable bonds is 5. The molecule has 3 rings (SSSR count). The standard InChI is InChI=1S/C19H18N2O3/c1-14(22)24-13-7-12-21-18(15-8-3-2-4-9-15)20-17-11-6-5-10-16(17)19(21)23/h2-6,8-11H,7,12-13H2,1H3. The van der Waals surface area contributed by atoms with E-state index in [4.69, 9.17) is 4.74 Å². The lowest BCUT2D eigenvalue weighted by Gasteiger charge is -2.13. The maximum atomic E-state index is 12.9. The minimum absolute atomic E-state index is 0.0812. The van der Waals surface area contributed by atoms with E-state index in [9.17, 15) is 9.59 Å². The molecule has 0 atom stereocenters. The van der Waals surface area contributed by atoms with Crippen LogP contribution in [0.2, 0.25) is 0 Å². The van der Waals surface area contributed by atoms with Crippen molar-refractivity contribution in [3.05, 3.63) is 65.0 Å². The highest BCUT2D eigenvalue weighted by atomic mass is 16.5. The lowest BCUT2D eigenvalue weighted by molar-refractivity contribution is -0.141. The third-order valence-electron chi connectivity index (χ3n) is 3.73. The molecule has 0 aliphatic carbocycles. The molecule has 0 radical (unpaired) electrons. The molecule has 0 spiro atoms. The Bertz CT molecular complexity index is 917. The molecule has 5 heteroatoms. The molecule has 0 aliphatic rings. The van der Waals surface area contributed by atoms with Crippen LogP contribution >= 0.6 is 0 Å². The van der Waals surface area contributed by atoms with Crippen molar-refractivity contribution in [1.29, 1.82) is 0 Å². The number of hydrogen-bond acceptors (Lipinski definition) is 4. The van der Waals surface area contributed by atoms with Crippen LogP contribution in [0, 0.1) is 0 Å². The summed E-state index contributed by atoms with van der Waals surface area (Å²) < 4.78 is 6.62. The lowest BCUT2D eigenvalue weighted by Crippen LogP contribution is -2.24. The Morgan fingerprint density at radius 2 is 1.79 bits per heavy atom. The topological polar surface area (TPSA) is 61.2 Å². The second-order valence-electron chi connectivity index (χ2n) is 5.47. The monoisotopic (exact) mass is 322 g/mol. The number of fused-ring (bicyclic) bond motifs is 1. The molecule has 0 saturated carbocycles. The van der Waals surface area contributed by atoms with Crippen molar-refractivity contribution in [2.45, 2.75) is 19.9 Å². The van der Waals surface area contributed by atoms with Gasteiger partial charge in [-0.2, -0.15) is 0 Å². The largest absolute Gasteiger partial charge is 0.466 e. The fraction of sp³-hybridized carbons (Fsp3) is 0.211. The summed E-state index contributed by atoms with van der Waals surface area (Å²) in [4.78, 5) is 28.4. The summed E-state index contributed by atoms with van der Waals surface area (Å²) in [5, 5.41) is 0.588. The van der Waals surface area contributed by atoms with Crippen molar-refractivity contribution in [3.63, 3.8) is 0 Å². The Morgan fingerprint density at radius 1 is 1.08 bits per heavy atom. The average molecular weight is 322 g/mol. The molecule has 3 aromatic rings. The number of para-hydroxylation sites is 1. The zero-order valence-electron chi connectivity index (χ0n) is 13.4. The van der Waals surface area contributed by atoms with Crippen LogP contribution in [-0.4, -0.2) is 22.1 Å². The fourth-order valence-corrected chi connectivity index (χ4v) is 2.62. The first kappa shape index (κ1) is 15.9. The van der Waals surface area contributed by atoms with Crippen LogP contribution in [0.3, 0.4) is 0 Å². The van der Waals surface area contributed by atoms with Crippen LogP contribution in [0.15, 0.2) is 59.4 Å². The van der Waals surface area contributed by atoms with Gasteiger partial charge in [-0.15, -0.1) is 0 Å². The van der Waals surface area contributed by atoms with Gasteiger partial charge in [-0.3, -0.25) is 14.2 Å². The van der Waals surface area contributed by atoms with E-state index in [0.29, 0.717) is 29.7 Å². The molecule has 0 amide bonds. The summed E-state index contributed by atoms with van der Waals surface area (Å²) in [6.07, 6.45) is 0.555. The Morgan fingerprint density at radius 3 is 2.54 bits per heavy atom. The molecule has 1 aromatic heterocycles. The van der Waals surface area contributed by atoms with Crippen molar-refractivity contribution in [2.24, 2.45) is 0 Å². The summed E-state index contributed by atoms with van der Waals surface area (Å²) >= 11 is 0. The summed E-state index contributed by atoms with van der Waals surface area (Å²) in [7, 11) is 0. The smallest absolute Gasteiger partial charge is 0.302 e. The normalized spacial score (nSPS) is 10.7. The maximum Gasteiger partial charge on any atom is 0.302 e. The van der Waals surface area contributed by atoms with Crippen molar-refractivity contribution in [2.75, 3.05) is 6.61 Å². The predicted octanol–water partition coefficient (Wildman–Crippen LogP) is 3.02. The summed E-state index contributed by atoms with van der Waals surface area (Å²) in [5.74, 6) is 0.310. The molecule has 0 N–H and O–H groups in total. The van der Waals surface area contributed by atoms with Crippen LogP contribution in [-0.2, 0) is 16.1 Å². The minimum atomic E-state index is -0.317. The number of benzene rings is 2. The molecular weight excluding hydrogens is 304 g/mol.